The van der Waals surface area contributed by atoms with Gasteiger partial charge >= 0.3 is 0 Å². The molecule has 6 rings (SSSR count). The molecule has 0 bridgehead atoms. The van der Waals surface area contributed by atoms with E-state index in [1.165, 1.54) is 24.3 Å². The van der Waals surface area contributed by atoms with Crippen molar-refractivity contribution in [1.82, 2.24) is 0 Å². The lowest BCUT2D eigenvalue weighted by atomic mass is 9.78. The molecule has 2 saturated heterocycles. The van der Waals surface area contributed by atoms with Crippen LogP contribution in [-0.2, 0) is 14.3 Å². The minimum absolute atomic E-state index is 0.171. The molecular formula is C28H18FNO5. The summed E-state index contributed by atoms with van der Waals surface area (Å²) in [4.78, 5) is 55.5. The fourth-order valence-corrected chi connectivity index (χ4v) is 5.36. The van der Waals surface area contributed by atoms with Crippen molar-refractivity contribution in [1.29, 1.82) is 0 Å². The number of nitrogens with zero attached hydrogens (tertiary/aromatic N) is 1. The Balaban J connectivity index is 1.48. The molecule has 0 saturated carbocycles. The van der Waals surface area contributed by atoms with Crippen LogP contribution < -0.4 is 4.90 Å². The quantitative estimate of drug-likeness (QED) is 0.432. The number of carbonyl (C=O) groups excluding carboxylic acids is 4. The highest BCUT2D eigenvalue weighted by atomic mass is 19.1. The van der Waals surface area contributed by atoms with E-state index in [1.54, 1.807) is 24.3 Å². The predicted octanol–water partition coefficient (Wildman–Crippen LogP) is 3.86. The van der Waals surface area contributed by atoms with Crippen LogP contribution in [-0.4, -0.2) is 35.1 Å². The zero-order valence-corrected chi connectivity index (χ0v) is 18.3. The normalized spacial score (nSPS) is 24.6. The van der Waals surface area contributed by atoms with E-state index in [2.05, 4.69) is 0 Å². The van der Waals surface area contributed by atoms with Crippen molar-refractivity contribution in [2.75, 3.05) is 4.90 Å². The van der Waals surface area contributed by atoms with E-state index in [0.29, 0.717) is 0 Å². The maximum absolute atomic E-state index is 13.7. The third-order valence-electron chi connectivity index (χ3n) is 6.92. The van der Waals surface area contributed by atoms with Gasteiger partial charge in [0.05, 0.1) is 23.6 Å². The van der Waals surface area contributed by atoms with Gasteiger partial charge in [-0.05, 0) is 29.8 Å². The van der Waals surface area contributed by atoms with Gasteiger partial charge in [-0.15, -0.1) is 0 Å². The lowest BCUT2D eigenvalue weighted by Crippen LogP contribution is -2.51. The van der Waals surface area contributed by atoms with E-state index in [-0.39, 0.29) is 16.8 Å². The van der Waals surface area contributed by atoms with Gasteiger partial charge in [-0.2, -0.15) is 0 Å². The van der Waals surface area contributed by atoms with E-state index < -0.39 is 52.7 Å². The van der Waals surface area contributed by atoms with Crippen LogP contribution in [0, 0.1) is 17.7 Å². The molecule has 3 aromatic rings. The molecule has 3 aliphatic rings. The zero-order chi connectivity index (χ0) is 24.3. The molecule has 6 nitrogen and oxygen atoms in total. The molecule has 3 aromatic carbocycles. The molecule has 7 heteroatoms. The summed E-state index contributed by atoms with van der Waals surface area (Å²) in [6.45, 7) is 0. The standard InChI is InChI=1S/C28H18FNO5/c29-17-11-13-18(14-12-17)30-26(33)22-21(15-10-16-6-2-1-3-7-16)35-28(23(22)27(30)34)24(31)19-8-4-5-9-20(19)25(28)32/h1-15,21-23H/b15-10+/t21-,22-,23-/m1/s1. The Bertz CT molecular complexity index is 1390. The van der Waals surface area contributed by atoms with Crippen LogP contribution in [0.2, 0.25) is 0 Å². The Morgan fingerprint density at radius 2 is 1.37 bits per heavy atom. The van der Waals surface area contributed by atoms with Gasteiger partial charge in [0.15, 0.2) is 0 Å². The summed E-state index contributed by atoms with van der Waals surface area (Å²) in [5.41, 5.74) is -0.782. The first-order valence-electron chi connectivity index (χ1n) is 11.2. The second-order valence-corrected chi connectivity index (χ2v) is 8.78. The molecule has 172 valence electrons. The Kier molecular flexibility index (Phi) is 4.66. The number of hydrogen-bond donors (Lipinski definition) is 0. The summed E-state index contributed by atoms with van der Waals surface area (Å²) in [6, 6.07) is 20.5. The van der Waals surface area contributed by atoms with E-state index >= 15 is 0 Å². The molecule has 1 aliphatic carbocycles. The van der Waals surface area contributed by atoms with Crippen molar-refractivity contribution in [3.05, 3.63) is 107 Å². The van der Waals surface area contributed by atoms with E-state index in [4.69, 9.17) is 4.74 Å². The van der Waals surface area contributed by atoms with Crippen molar-refractivity contribution in [3.63, 3.8) is 0 Å². The van der Waals surface area contributed by atoms with Crippen molar-refractivity contribution in [3.8, 4) is 0 Å². The molecule has 2 aliphatic heterocycles. The van der Waals surface area contributed by atoms with Gasteiger partial charge in [0.2, 0.25) is 29.0 Å². The third kappa shape index (κ3) is 2.91. The van der Waals surface area contributed by atoms with Crippen molar-refractivity contribution in [2.24, 2.45) is 11.8 Å². The summed E-state index contributed by atoms with van der Waals surface area (Å²) in [7, 11) is 0. The van der Waals surface area contributed by atoms with Gasteiger partial charge in [0.1, 0.15) is 5.82 Å². The lowest BCUT2D eigenvalue weighted by molar-refractivity contribution is -0.126. The van der Waals surface area contributed by atoms with E-state index in [0.717, 1.165) is 22.6 Å². The number of anilines is 1. The summed E-state index contributed by atoms with van der Waals surface area (Å²) in [5.74, 6) is -5.49. The van der Waals surface area contributed by atoms with Gasteiger partial charge in [0, 0.05) is 11.1 Å². The number of ketones is 2. The molecule has 2 amide bonds. The number of ether oxygens (including phenoxy) is 1. The highest BCUT2D eigenvalue weighted by Crippen LogP contribution is 2.53. The molecule has 2 fully saturated rings. The minimum atomic E-state index is -2.12. The highest BCUT2D eigenvalue weighted by molar-refractivity contribution is 6.37. The van der Waals surface area contributed by atoms with Gasteiger partial charge < -0.3 is 4.74 Å². The number of benzene rings is 3. The molecule has 0 unspecified atom stereocenters. The summed E-state index contributed by atoms with van der Waals surface area (Å²) in [5, 5.41) is 0. The van der Waals surface area contributed by atoms with Crippen LogP contribution in [0.1, 0.15) is 26.3 Å². The number of imide groups is 1. The molecule has 3 atom stereocenters. The fraction of sp³-hybridized carbons (Fsp3) is 0.143. The topological polar surface area (TPSA) is 80.8 Å². The highest BCUT2D eigenvalue weighted by Gasteiger charge is 2.74. The van der Waals surface area contributed by atoms with Crippen LogP contribution in [0.15, 0.2) is 84.9 Å². The maximum Gasteiger partial charge on any atom is 0.241 e. The SMILES string of the molecule is O=C1[C@@H]2[C@@H](/C=C/c3ccccc3)OC3(C(=O)c4ccccc4C3=O)[C@H]2C(=O)N1c1ccc(F)cc1. The van der Waals surface area contributed by atoms with E-state index in [9.17, 15) is 23.6 Å². The predicted molar refractivity (Wildman–Crippen MR) is 124 cm³/mol. The Hall–Kier alpha value is -4.23. The molecule has 2 heterocycles. The van der Waals surface area contributed by atoms with Gasteiger partial charge in [-0.3, -0.25) is 19.2 Å². The first-order valence-corrected chi connectivity index (χ1v) is 11.2. The number of amides is 2. The number of halogens is 1. The monoisotopic (exact) mass is 467 g/mol. The molecule has 0 N–H and O–H groups in total. The van der Waals surface area contributed by atoms with Crippen LogP contribution in [0.4, 0.5) is 10.1 Å². The zero-order valence-electron chi connectivity index (χ0n) is 18.3. The number of rotatable bonds is 3. The van der Waals surface area contributed by atoms with Crippen molar-refractivity contribution < 1.29 is 28.3 Å². The van der Waals surface area contributed by atoms with Gasteiger partial charge in [0.25, 0.3) is 0 Å². The van der Waals surface area contributed by atoms with Crippen molar-refractivity contribution >= 4 is 35.1 Å². The summed E-state index contributed by atoms with van der Waals surface area (Å²) >= 11 is 0. The second-order valence-electron chi connectivity index (χ2n) is 8.78. The molecular weight excluding hydrogens is 449 g/mol. The van der Waals surface area contributed by atoms with Gasteiger partial charge in [-0.25, -0.2) is 9.29 Å². The Labute approximate surface area is 199 Å². The molecule has 1 spiro atoms. The average Bonchev–Trinajstić information content (AvgIpc) is 3.44. The number of carbonyl (C=O) groups is 4. The summed E-state index contributed by atoms with van der Waals surface area (Å²) < 4.78 is 19.6. The van der Waals surface area contributed by atoms with Gasteiger partial charge in [-0.1, -0.05) is 66.7 Å². The Morgan fingerprint density at radius 3 is 2.00 bits per heavy atom. The third-order valence-corrected chi connectivity index (χ3v) is 6.92. The molecule has 0 radical (unpaired) electrons. The minimum Gasteiger partial charge on any atom is -0.350 e. The number of hydrogen-bond acceptors (Lipinski definition) is 5. The average molecular weight is 467 g/mol. The van der Waals surface area contributed by atoms with Crippen molar-refractivity contribution in [2.45, 2.75) is 11.7 Å². The van der Waals surface area contributed by atoms with Crippen LogP contribution in [0.3, 0.4) is 0 Å². The molecule has 0 aromatic heterocycles. The maximum atomic E-state index is 13.7. The first kappa shape index (κ1) is 21.3. The van der Waals surface area contributed by atoms with Crippen LogP contribution >= 0.6 is 0 Å². The smallest absolute Gasteiger partial charge is 0.241 e. The fourth-order valence-electron chi connectivity index (χ4n) is 5.36. The molecule has 35 heavy (non-hydrogen) atoms. The number of Topliss-reactive ketones (excluding diaryl/α,β-unsaturated/α-hetero) is 2. The van der Waals surface area contributed by atoms with Crippen LogP contribution in [0.5, 0.6) is 0 Å². The van der Waals surface area contributed by atoms with Crippen LogP contribution in [0.25, 0.3) is 6.08 Å². The summed E-state index contributed by atoms with van der Waals surface area (Å²) in [6.07, 6.45) is 2.35. The first-order chi connectivity index (χ1) is 16.9. The second kappa shape index (κ2) is 7.65. The van der Waals surface area contributed by atoms with E-state index in [1.807, 2.05) is 30.3 Å². The number of fused-ring (bicyclic) bond motifs is 3. The largest absolute Gasteiger partial charge is 0.350 e. The lowest BCUT2D eigenvalue weighted by Gasteiger charge is -2.26. The Morgan fingerprint density at radius 1 is 0.771 bits per heavy atom.